The summed E-state index contributed by atoms with van der Waals surface area (Å²) in [6, 6.07) is 16.6. The molecule has 0 spiro atoms. The van der Waals surface area contributed by atoms with Gasteiger partial charge in [0.1, 0.15) is 0 Å². The summed E-state index contributed by atoms with van der Waals surface area (Å²) in [6.07, 6.45) is 3.90. The third-order valence-corrected chi connectivity index (χ3v) is 7.55. The summed E-state index contributed by atoms with van der Waals surface area (Å²) in [7, 11) is -3.55. The molecule has 7 heteroatoms. The predicted molar refractivity (Wildman–Crippen MR) is 116 cm³/mol. The molecule has 30 heavy (non-hydrogen) atoms. The van der Waals surface area contributed by atoms with Gasteiger partial charge in [-0.3, -0.25) is 4.79 Å². The Balaban J connectivity index is 1.42. The number of aromatic nitrogens is 1. The first-order valence-corrected chi connectivity index (χ1v) is 11.4. The molecule has 0 radical (unpaired) electrons. The Bertz CT molecular complexity index is 1140. The third kappa shape index (κ3) is 3.91. The lowest BCUT2D eigenvalue weighted by molar-refractivity contribution is 0.0698. The number of nitrogens with zero attached hydrogens (tertiary/aromatic N) is 3. The zero-order chi connectivity index (χ0) is 21.3. The maximum atomic E-state index is 13.0. The number of carbonyl (C=O) groups excluding carboxylic acids is 1. The number of piperazine rings is 1. The Labute approximate surface area is 177 Å². The highest BCUT2D eigenvalue weighted by atomic mass is 32.2. The number of hydrogen-bond donors (Lipinski definition) is 0. The normalized spacial score (nSPS) is 15.3. The Hall–Kier alpha value is -2.90. The van der Waals surface area contributed by atoms with E-state index in [9.17, 15) is 13.2 Å². The van der Waals surface area contributed by atoms with Crippen LogP contribution in [0.2, 0.25) is 0 Å². The van der Waals surface area contributed by atoms with Crippen LogP contribution in [0.4, 0.5) is 0 Å². The minimum atomic E-state index is -3.55. The van der Waals surface area contributed by atoms with Crippen LogP contribution in [0.3, 0.4) is 0 Å². The van der Waals surface area contributed by atoms with Crippen molar-refractivity contribution in [2.45, 2.75) is 18.7 Å². The predicted octanol–water partition coefficient (Wildman–Crippen LogP) is 3.24. The summed E-state index contributed by atoms with van der Waals surface area (Å²) >= 11 is 0. The van der Waals surface area contributed by atoms with Gasteiger partial charge < -0.3 is 9.47 Å². The number of aryl methyl sites for hydroxylation is 2. The zero-order valence-corrected chi connectivity index (χ0v) is 18.0. The van der Waals surface area contributed by atoms with E-state index in [1.165, 1.54) is 4.31 Å². The molecule has 0 N–H and O–H groups in total. The molecule has 2 heterocycles. The standard InChI is InChI=1S/C23H25N3O3S/c1-18-5-10-22(17-19(18)2)30(28,29)26-15-13-25(14-16-26)23(27)20-6-8-21(9-7-20)24-11-3-4-12-24/h3-12,17H,13-16H2,1-2H3. The first-order valence-electron chi connectivity index (χ1n) is 9.96. The molecule has 1 saturated heterocycles. The van der Waals surface area contributed by atoms with Gasteiger partial charge in [0.25, 0.3) is 5.91 Å². The Morgan fingerprint density at radius 2 is 1.47 bits per heavy atom. The molecule has 1 aliphatic rings. The van der Waals surface area contributed by atoms with Gasteiger partial charge in [-0.2, -0.15) is 4.31 Å². The summed E-state index contributed by atoms with van der Waals surface area (Å²) < 4.78 is 29.4. The van der Waals surface area contributed by atoms with Crippen LogP contribution in [0, 0.1) is 13.8 Å². The van der Waals surface area contributed by atoms with E-state index >= 15 is 0 Å². The van der Waals surface area contributed by atoms with Crippen LogP contribution in [0.15, 0.2) is 71.9 Å². The molecule has 156 valence electrons. The largest absolute Gasteiger partial charge is 0.336 e. The van der Waals surface area contributed by atoms with E-state index in [0.29, 0.717) is 36.6 Å². The van der Waals surface area contributed by atoms with Crippen molar-refractivity contribution in [3.05, 3.63) is 83.7 Å². The Morgan fingerprint density at radius 1 is 0.833 bits per heavy atom. The van der Waals surface area contributed by atoms with Gasteiger partial charge in [0.15, 0.2) is 0 Å². The lowest BCUT2D eigenvalue weighted by Crippen LogP contribution is -2.50. The van der Waals surface area contributed by atoms with Gasteiger partial charge in [0, 0.05) is 49.8 Å². The molecule has 0 unspecified atom stereocenters. The van der Waals surface area contributed by atoms with E-state index in [0.717, 1.165) is 16.8 Å². The molecule has 1 amide bonds. The van der Waals surface area contributed by atoms with Gasteiger partial charge in [0.2, 0.25) is 10.0 Å². The first kappa shape index (κ1) is 20.4. The third-order valence-electron chi connectivity index (χ3n) is 5.66. The van der Waals surface area contributed by atoms with E-state index < -0.39 is 10.0 Å². The molecular formula is C23H25N3O3S. The van der Waals surface area contributed by atoms with Crippen molar-refractivity contribution in [1.82, 2.24) is 13.8 Å². The van der Waals surface area contributed by atoms with Gasteiger partial charge >= 0.3 is 0 Å². The maximum absolute atomic E-state index is 13.0. The molecule has 0 aliphatic carbocycles. The van der Waals surface area contributed by atoms with Crippen LogP contribution in [-0.4, -0.2) is 54.3 Å². The molecule has 1 aliphatic heterocycles. The van der Waals surface area contributed by atoms with Gasteiger partial charge in [0.05, 0.1) is 4.90 Å². The average Bonchev–Trinajstić information content (AvgIpc) is 3.30. The molecule has 2 aromatic carbocycles. The molecule has 3 aromatic rings. The minimum absolute atomic E-state index is 0.0720. The monoisotopic (exact) mass is 423 g/mol. The molecule has 0 bridgehead atoms. The Kier molecular flexibility index (Phi) is 5.49. The smallest absolute Gasteiger partial charge is 0.253 e. The van der Waals surface area contributed by atoms with Crippen molar-refractivity contribution in [2.24, 2.45) is 0 Å². The fourth-order valence-electron chi connectivity index (χ4n) is 3.62. The van der Waals surface area contributed by atoms with Crippen molar-refractivity contribution < 1.29 is 13.2 Å². The number of hydrogen-bond acceptors (Lipinski definition) is 3. The van der Waals surface area contributed by atoms with Crippen LogP contribution in [0.25, 0.3) is 5.69 Å². The summed E-state index contributed by atoms with van der Waals surface area (Å²) in [5.41, 5.74) is 3.61. The minimum Gasteiger partial charge on any atom is -0.336 e. The average molecular weight is 424 g/mol. The van der Waals surface area contributed by atoms with E-state index in [2.05, 4.69) is 0 Å². The Morgan fingerprint density at radius 3 is 2.07 bits per heavy atom. The molecule has 0 atom stereocenters. The zero-order valence-electron chi connectivity index (χ0n) is 17.2. The van der Waals surface area contributed by atoms with Crippen LogP contribution >= 0.6 is 0 Å². The van der Waals surface area contributed by atoms with E-state index in [-0.39, 0.29) is 5.91 Å². The molecule has 6 nitrogen and oxygen atoms in total. The van der Waals surface area contributed by atoms with Crippen LogP contribution < -0.4 is 0 Å². The number of amides is 1. The van der Waals surface area contributed by atoms with Crippen molar-refractivity contribution >= 4 is 15.9 Å². The summed E-state index contributed by atoms with van der Waals surface area (Å²) in [6.45, 7) is 5.21. The molecular weight excluding hydrogens is 398 g/mol. The van der Waals surface area contributed by atoms with E-state index in [1.807, 2.05) is 73.3 Å². The molecule has 1 fully saturated rings. The summed E-state index contributed by atoms with van der Waals surface area (Å²) in [4.78, 5) is 14.9. The number of carbonyl (C=O) groups is 1. The molecule has 4 rings (SSSR count). The first-order chi connectivity index (χ1) is 14.4. The van der Waals surface area contributed by atoms with E-state index in [4.69, 9.17) is 0 Å². The van der Waals surface area contributed by atoms with Gasteiger partial charge in [-0.15, -0.1) is 0 Å². The van der Waals surface area contributed by atoms with Crippen molar-refractivity contribution in [3.8, 4) is 5.69 Å². The number of sulfonamides is 1. The van der Waals surface area contributed by atoms with Crippen molar-refractivity contribution in [1.29, 1.82) is 0 Å². The number of benzene rings is 2. The van der Waals surface area contributed by atoms with Crippen LogP contribution in [0.5, 0.6) is 0 Å². The summed E-state index contributed by atoms with van der Waals surface area (Å²) in [5, 5.41) is 0. The van der Waals surface area contributed by atoms with Gasteiger partial charge in [-0.25, -0.2) is 8.42 Å². The summed E-state index contributed by atoms with van der Waals surface area (Å²) in [5.74, 6) is -0.0720. The lowest BCUT2D eigenvalue weighted by Gasteiger charge is -2.34. The second-order valence-corrected chi connectivity index (χ2v) is 9.52. The highest BCUT2D eigenvalue weighted by molar-refractivity contribution is 7.89. The van der Waals surface area contributed by atoms with Gasteiger partial charge in [-0.1, -0.05) is 6.07 Å². The second kappa shape index (κ2) is 8.08. The van der Waals surface area contributed by atoms with Gasteiger partial charge in [-0.05, 0) is 73.5 Å². The van der Waals surface area contributed by atoms with Crippen LogP contribution in [-0.2, 0) is 10.0 Å². The highest BCUT2D eigenvalue weighted by Gasteiger charge is 2.30. The van der Waals surface area contributed by atoms with Crippen molar-refractivity contribution in [3.63, 3.8) is 0 Å². The van der Waals surface area contributed by atoms with E-state index in [1.54, 1.807) is 17.0 Å². The van der Waals surface area contributed by atoms with Crippen molar-refractivity contribution in [2.75, 3.05) is 26.2 Å². The molecule has 0 saturated carbocycles. The highest BCUT2D eigenvalue weighted by Crippen LogP contribution is 2.21. The lowest BCUT2D eigenvalue weighted by atomic mass is 10.1. The quantitative estimate of drug-likeness (QED) is 0.647. The maximum Gasteiger partial charge on any atom is 0.253 e. The SMILES string of the molecule is Cc1ccc(S(=O)(=O)N2CCN(C(=O)c3ccc(-n4cccc4)cc3)CC2)cc1C. The molecule has 1 aromatic heterocycles. The number of rotatable bonds is 4. The van der Waals surface area contributed by atoms with Crippen LogP contribution in [0.1, 0.15) is 21.5 Å². The fraction of sp³-hybridized carbons (Fsp3) is 0.261. The second-order valence-electron chi connectivity index (χ2n) is 7.58. The topological polar surface area (TPSA) is 62.6 Å². The fourth-order valence-corrected chi connectivity index (χ4v) is 5.13.